The van der Waals surface area contributed by atoms with E-state index >= 15 is 0 Å². The minimum Gasteiger partial charge on any atom is -0.480 e. The van der Waals surface area contributed by atoms with Crippen LogP contribution in [0.5, 0.6) is 0 Å². The number of primary amides is 1. The molecular formula is C12H15N3O4. The fraction of sp³-hybridized carbons (Fsp3) is 0.333. The van der Waals surface area contributed by atoms with E-state index in [2.05, 4.69) is 4.98 Å². The fourth-order valence-electron chi connectivity index (χ4n) is 1.45. The van der Waals surface area contributed by atoms with Gasteiger partial charge in [0, 0.05) is 12.2 Å². The fourth-order valence-corrected chi connectivity index (χ4v) is 1.45. The molecule has 0 spiro atoms. The zero-order valence-corrected chi connectivity index (χ0v) is 10.7. The van der Waals surface area contributed by atoms with Crippen LogP contribution in [0.2, 0.25) is 0 Å². The summed E-state index contributed by atoms with van der Waals surface area (Å²) in [6.07, 6.45) is 1.19. The standard InChI is InChI=1S/C12H15N3O4/c1-7(2)15(6-10(16)17)12(19)9-4-3-8(5-14-9)11(13)18/h3-5,7H,6H2,1-2H3,(H2,13,18)(H,16,17). The summed E-state index contributed by atoms with van der Waals surface area (Å²) >= 11 is 0. The molecule has 0 saturated heterocycles. The van der Waals surface area contributed by atoms with Crippen LogP contribution in [0, 0.1) is 0 Å². The number of carbonyl (C=O) groups excluding carboxylic acids is 2. The Morgan fingerprint density at radius 1 is 1.37 bits per heavy atom. The van der Waals surface area contributed by atoms with Crippen LogP contribution in [0.3, 0.4) is 0 Å². The molecule has 3 N–H and O–H groups in total. The molecule has 0 radical (unpaired) electrons. The summed E-state index contributed by atoms with van der Waals surface area (Å²) in [6.45, 7) is 3.01. The number of hydrogen-bond donors (Lipinski definition) is 2. The number of nitrogens with zero attached hydrogens (tertiary/aromatic N) is 2. The number of carboxylic acids is 1. The van der Waals surface area contributed by atoms with Crippen molar-refractivity contribution >= 4 is 17.8 Å². The van der Waals surface area contributed by atoms with E-state index in [0.29, 0.717) is 0 Å². The van der Waals surface area contributed by atoms with Gasteiger partial charge in [-0.3, -0.25) is 19.4 Å². The minimum atomic E-state index is -1.10. The van der Waals surface area contributed by atoms with Crippen LogP contribution in [0.25, 0.3) is 0 Å². The van der Waals surface area contributed by atoms with Crippen molar-refractivity contribution in [2.75, 3.05) is 6.54 Å². The van der Waals surface area contributed by atoms with Crippen LogP contribution >= 0.6 is 0 Å². The summed E-state index contributed by atoms with van der Waals surface area (Å²) in [5.74, 6) is -2.25. The second-order valence-corrected chi connectivity index (χ2v) is 4.22. The van der Waals surface area contributed by atoms with Gasteiger partial charge in [-0.25, -0.2) is 0 Å². The molecular weight excluding hydrogens is 250 g/mol. The molecule has 0 aliphatic carbocycles. The second kappa shape index (κ2) is 5.94. The van der Waals surface area contributed by atoms with Gasteiger partial charge in [-0.2, -0.15) is 0 Å². The SMILES string of the molecule is CC(C)N(CC(=O)O)C(=O)c1ccc(C(N)=O)cn1. The summed E-state index contributed by atoms with van der Waals surface area (Å²) in [7, 11) is 0. The first-order valence-electron chi connectivity index (χ1n) is 5.61. The Bertz CT molecular complexity index is 496. The van der Waals surface area contributed by atoms with E-state index in [1.165, 1.54) is 23.2 Å². The highest BCUT2D eigenvalue weighted by atomic mass is 16.4. The molecule has 7 heteroatoms. The molecule has 0 fully saturated rings. The maximum atomic E-state index is 12.1. The molecule has 0 aromatic carbocycles. The molecule has 1 aromatic heterocycles. The first kappa shape index (κ1) is 14.6. The lowest BCUT2D eigenvalue weighted by atomic mass is 10.2. The summed E-state index contributed by atoms with van der Waals surface area (Å²) < 4.78 is 0. The van der Waals surface area contributed by atoms with Crippen LogP contribution in [0.4, 0.5) is 0 Å². The Morgan fingerprint density at radius 2 is 2.00 bits per heavy atom. The van der Waals surface area contributed by atoms with E-state index in [4.69, 9.17) is 10.8 Å². The van der Waals surface area contributed by atoms with Crippen molar-refractivity contribution < 1.29 is 19.5 Å². The van der Waals surface area contributed by atoms with Gasteiger partial charge in [0.1, 0.15) is 12.2 Å². The molecule has 0 saturated carbocycles. The average Bonchev–Trinajstić information content (AvgIpc) is 2.34. The molecule has 102 valence electrons. The maximum Gasteiger partial charge on any atom is 0.323 e. The van der Waals surface area contributed by atoms with Crippen molar-refractivity contribution in [1.82, 2.24) is 9.88 Å². The average molecular weight is 265 g/mol. The van der Waals surface area contributed by atoms with Gasteiger partial charge >= 0.3 is 5.97 Å². The summed E-state index contributed by atoms with van der Waals surface area (Å²) in [5, 5.41) is 8.77. The lowest BCUT2D eigenvalue weighted by molar-refractivity contribution is -0.138. The molecule has 0 atom stereocenters. The molecule has 1 aromatic rings. The monoisotopic (exact) mass is 265 g/mol. The Morgan fingerprint density at radius 3 is 2.37 bits per heavy atom. The number of rotatable bonds is 5. The van der Waals surface area contributed by atoms with Gasteiger partial charge in [0.05, 0.1) is 5.56 Å². The van der Waals surface area contributed by atoms with Crippen LogP contribution in [-0.2, 0) is 4.79 Å². The normalized spacial score (nSPS) is 10.3. The topological polar surface area (TPSA) is 114 Å². The van der Waals surface area contributed by atoms with Crippen LogP contribution in [0.15, 0.2) is 18.3 Å². The van der Waals surface area contributed by atoms with Crippen molar-refractivity contribution in [1.29, 1.82) is 0 Å². The van der Waals surface area contributed by atoms with Crippen molar-refractivity contribution in [3.05, 3.63) is 29.6 Å². The number of pyridine rings is 1. The highest BCUT2D eigenvalue weighted by Gasteiger charge is 2.22. The highest BCUT2D eigenvalue weighted by Crippen LogP contribution is 2.07. The third-order valence-electron chi connectivity index (χ3n) is 2.46. The second-order valence-electron chi connectivity index (χ2n) is 4.22. The van der Waals surface area contributed by atoms with Gasteiger partial charge in [0.2, 0.25) is 5.91 Å². The largest absolute Gasteiger partial charge is 0.480 e. The van der Waals surface area contributed by atoms with Gasteiger partial charge in [-0.15, -0.1) is 0 Å². The molecule has 1 heterocycles. The van der Waals surface area contributed by atoms with Crippen molar-refractivity contribution in [2.24, 2.45) is 5.73 Å². The lowest BCUT2D eigenvalue weighted by Crippen LogP contribution is -2.41. The van der Waals surface area contributed by atoms with E-state index < -0.39 is 24.3 Å². The number of aliphatic carboxylic acids is 1. The predicted octanol–water partition coefficient (Wildman–Crippen LogP) is 0.116. The Hall–Kier alpha value is -2.44. The molecule has 0 aliphatic rings. The zero-order chi connectivity index (χ0) is 14.6. The Labute approximate surface area is 110 Å². The number of aromatic nitrogens is 1. The van der Waals surface area contributed by atoms with E-state index in [1.807, 2.05) is 0 Å². The molecule has 7 nitrogen and oxygen atoms in total. The molecule has 0 unspecified atom stereocenters. The maximum absolute atomic E-state index is 12.1. The number of nitrogens with two attached hydrogens (primary N) is 1. The first-order valence-corrected chi connectivity index (χ1v) is 5.61. The number of carboxylic acid groups (broad SMARTS) is 1. The van der Waals surface area contributed by atoms with Gasteiger partial charge in [-0.1, -0.05) is 0 Å². The van der Waals surface area contributed by atoms with E-state index in [0.717, 1.165) is 0 Å². The van der Waals surface area contributed by atoms with Crippen molar-refractivity contribution in [3.8, 4) is 0 Å². The first-order chi connectivity index (χ1) is 8.82. The Balaban J connectivity index is 2.96. The predicted molar refractivity (Wildman–Crippen MR) is 66.6 cm³/mol. The summed E-state index contributed by atoms with van der Waals surface area (Å²) in [6, 6.07) is 2.45. The highest BCUT2D eigenvalue weighted by molar-refractivity contribution is 5.96. The van der Waals surface area contributed by atoms with Crippen LogP contribution in [-0.4, -0.2) is 45.4 Å². The third kappa shape index (κ3) is 3.77. The minimum absolute atomic E-state index is 0.0694. The van der Waals surface area contributed by atoms with E-state index in [1.54, 1.807) is 13.8 Å². The smallest absolute Gasteiger partial charge is 0.323 e. The van der Waals surface area contributed by atoms with Crippen LogP contribution in [0.1, 0.15) is 34.7 Å². The van der Waals surface area contributed by atoms with Gasteiger partial charge in [0.25, 0.3) is 5.91 Å². The Kier molecular flexibility index (Phi) is 4.57. The zero-order valence-electron chi connectivity index (χ0n) is 10.7. The van der Waals surface area contributed by atoms with E-state index in [9.17, 15) is 14.4 Å². The number of amides is 2. The van der Waals surface area contributed by atoms with Crippen LogP contribution < -0.4 is 5.73 Å². The third-order valence-corrected chi connectivity index (χ3v) is 2.46. The quantitative estimate of drug-likeness (QED) is 0.784. The molecule has 2 amide bonds. The van der Waals surface area contributed by atoms with E-state index in [-0.39, 0.29) is 17.3 Å². The van der Waals surface area contributed by atoms with Gasteiger partial charge in [0.15, 0.2) is 0 Å². The summed E-state index contributed by atoms with van der Waals surface area (Å²) in [5.41, 5.74) is 5.32. The van der Waals surface area contributed by atoms with Gasteiger partial charge in [-0.05, 0) is 26.0 Å². The van der Waals surface area contributed by atoms with Gasteiger partial charge < -0.3 is 15.7 Å². The lowest BCUT2D eigenvalue weighted by Gasteiger charge is -2.24. The molecule has 1 rings (SSSR count). The molecule has 0 bridgehead atoms. The summed E-state index contributed by atoms with van der Waals surface area (Å²) in [4.78, 5) is 38.7. The van der Waals surface area contributed by atoms with Crippen molar-refractivity contribution in [3.63, 3.8) is 0 Å². The number of hydrogen-bond acceptors (Lipinski definition) is 4. The molecule has 19 heavy (non-hydrogen) atoms. The molecule has 0 aliphatic heterocycles. The van der Waals surface area contributed by atoms with Crippen molar-refractivity contribution in [2.45, 2.75) is 19.9 Å². The number of carbonyl (C=O) groups is 3.